The number of anilines is 1. The highest BCUT2D eigenvalue weighted by Gasteiger charge is 2.32. The van der Waals surface area contributed by atoms with Crippen molar-refractivity contribution in [3.63, 3.8) is 0 Å². The third-order valence-corrected chi connectivity index (χ3v) is 5.55. The van der Waals surface area contributed by atoms with Crippen LogP contribution < -0.4 is 15.0 Å². The second-order valence-corrected chi connectivity index (χ2v) is 8.02. The summed E-state index contributed by atoms with van der Waals surface area (Å²) in [5.41, 5.74) is 2.74. The molecule has 0 bridgehead atoms. The average Bonchev–Trinajstić information content (AvgIpc) is 3.30. The number of amides is 2. The van der Waals surface area contributed by atoms with Crippen molar-refractivity contribution in [2.45, 2.75) is 19.1 Å². The number of nitrogens with zero attached hydrogens (tertiary/aromatic N) is 2. The lowest BCUT2D eigenvalue weighted by Crippen LogP contribution is -2.49. The fourth-order valence-corrected chi connectivity index (χ4v) is 3.78. The van der Waals surface area contributed by atoms with Crippen LogP contribution in [0.2, 0.25) is 0 Å². The van der Waals surface area contributed by atoms with E-state index in [1.165, 1.54) is 18.1 Å². The van der Waals surface area contributed by atoms with Gasteiger partial charge in [-0.15, -0.1) is 0 Å². The van der Waals surface area contributed by atoms with E-state index in [4.69, 9.17) is 18.7 Å². The van der Waals surface area contributed by atoms with Crippen molar-refractivity contribution < 1.29 is 33.1 Å². The van der Waals surface area contributed by atoms with Crippen LogP contribution in [0.3, 0.4) is 0 Å². The Morgan fingerprint density at radius 2 is 1.94 bits per heavy atom. The summed E-state index contributed by atoms with van der Waals surface area (Å²) in [6.07, 6.45) is 0.448. The SMILES string of the molecule is COCc1cccc(Cc2cc(C(=O)N[C@H]3COc4ccc(C(=O)OC)cc4N(C)C3=O)no2)c1. The minimum absolute atomic E-state index is 0.0539. The molecule has 10 heteroatoms. The molecule has 0 spiro atoms. The number of fused-ring (bicyclic) bond motifs is 1. The molecule has 2 amide bonds. The number of likely N-dealkylation sites (N-methyl/N-ethyl adjacent to an activating group) is 1. The van der Waals surface area contributed by atoms with Crippen LogP contribution >= 0.6 is 0 Å². The fraction of sp³-hybridized carbons (Fsp3) is 0.280. The van der Waals surface area contributed by atoms with Gasteiger partial charge in [0.25, 0.3) is 11.8 Å². The monoisotopic (exact) mass is 479 g/mol. The van der Waals surface area contributed by atoms with Crippen LogP contribution in [-0.2, 0) is 27.3 Å². The van der Waals surface area contributed by atoms with E-state index in [0.717, 1.165) is 11.1 Å². The molecule has 0 saturated heterocycles. The van der Waals surface area contributed by atoms with Gasteiger partial charge in [-0.3, -0.25) is 9.59 Å². The van der Waals surface area contributed by atoms with Gasteiger partial charge in [-0.1, -0.05) is 29.4 Å². The molecule has 1 aliphatic heterocycles. The number of ether oxygens (including phenoxy) is 3. The minimum atomic E-state index is -0.965. The first-order valence-corrected chi connectivity index (χ1v) is 10.9. The van der Waals surface area contributed by atoms with E-state index in [1.807, 2.05) is 24.3 Å². The number of rotatable bonds is 7. The number of methoxy groups -OCH3 is 2. The van der Waals surface area contributed by atoms with Crippen LogP contribution in [0, 0.1) is 0 Å². The standard InChI is InChI=1S/C25H25N3O7/c1-28-21-11-17(25(31)33-3)7-8-22(21)34-14-20(24(28)30)26-23(29)19-12-18(35-27-19)10-15-5-4-6-16(9-15)13-32-2/h4-9,11-12,20H,10,13-14H2,1-3H3,(H,26,29)/t20-/m0/s1. The molecule has 1 atom stereocenters. The summed E-state index contributed by atoms with van der Waals surface area (Å²) in [6, 6.07) is 13.0. The normalized spacial score (nSPS) is 15.1. The zero-order valence-electron chi connectivity index (χ0n) is 19.6. The molecule has 35 heavy (non-hydrogen) atoms. The second-order valence-electron chi connectivity index (χ2n) is 8.02. The molecule has 0 aliphatic carbocycles. The summed E-state index contributed by atoms with van der Waals surface area (Å²) < 4.78 is 21.0. The number of hydrogen-bond donors (Lipinski definition) is 1. The number of carbonyl (C=O) groups excluding carboxylic acids is 3. The van der Waals surface area contributed by atoms with Crippen molar-refractivity contribution in [2.75, 3.05) is 32.8 Å². The van der Waals surface area contributed by atoms with Crippen LogP contribution in [0.1, 0.15) is 37.7 Å². The Morgan fingerprint density at radius 3 is 2.71 bits per heavy atom. The summed E-state index contributed by atoms with van der Waals surface area (Å²) in [5, 5.41) is 6.51. The van der Waals surface area contributed by atoms with Gasteiger partial charge in [-0.2, -0.15) is 0 Å². The maximum atomic E-state index is 13.0. The smallest absolute Gasteiger partial charge is 0.337 e. The molecule has 1 aromatic heterocycles. The number of esters is 1. The van der Waals surface area contributed by atoms with Crippen LogP contribution in [0.25, 0.3) is 0 Å². The predicted octanol–water partition coefficient (Wildman–Crippen LogP) is 2.35. The number of benzene rings is 2. The summed E-state index contributed by atoms with van der Waals surface area (Å²) in [4.78, 5) is 39.0. The van der Waals surface area contributed by atoms with Crippen molar-refractivity contribution in [1.29, 1.82) is 0 Å². The van der Waals surface area contributed by atoms with Gasteiger partial charge in [-0.05, 0) is 29.3 Å². The van der Waals surface area contributed by atoms with E-state index in [0.29, 0.717) is 30.2 Å². The van der Waals surface area contributed by atoms with E-state index >= 15 is 0 Å². The Kier molecular flexibility index (Phi) is 7.11. The van der Waals surface area contributed by atoms with Gasteiger partial charge in [0.05, 0.1) is 25.0 Å². The molecule has 1 N–H and O–H groups in total. The Hall–Kier alpha value is -4.18. The zero-order valence-corrected chi connectivity index (χ0v) is 19.6. The molecule has 182 valence electrons. The number of nitrogens with one attached hydrogen (secondary N) is 1. The number of hydrogen-bond acceptors (Lipinski definition) is 8. The van der Waals surface area contributed by atoms with Gasteiger partial charge in [0.1, 0.15) is 24.2 Å². The van der Waals surface area contributed by atoms with Crippen molar-refractivity contribution in [1.82, 2.24) is 10.5 Å². The highest BCUT2D eigenvalue weighted by molar-refractivity contribution is 6.03. The molecule has 0 saturated carbocycles. The topological polar surface area (TPSA) is 120 Å². The van der Waals surface area contributed by atoms with E-state index in [-0.39, 0.29) is 17.9 Å². The molecule has 0 fully saturated rings. The van der Waals surface area contributed by atoms with Crippen molar-refractivity contribution in [3.05, 3.63) is 76.7 Å². The first-order valence-electron chi connectivity index (χ1n) is 10.9. The Labute approximate surface area is 201 Å². The highest BCUT2D eigenvalue weighted by atomic mass is 16.5. The predicted molar refractivity (Wildman–Crippen MR) is 124 cm³/mol. The van der Waals surface area contributed by atoms with Crippen LogP contribution in [0.4, 0.5) is 5.69 Å². The average molecular weight is 479 g/mol. The summed E-state index contributed by atoms with van der Waals surface area (Å²) >= 11 is 0. The van der Waals surface area contributed by atoms with Gasteiger partial charge in [0.15, 0.2) is 5.69 Å². The second kappa shape index (κ2) is 10.4. The lowest BCUT2D eigenvalue weighted by Gasteiger charge is -2.20. The van der Waals surface area contributed by atoms with Gasteiger partial charge < -0.3 is 29.0 Å². The molecule has 0 unspecified atom stereocenters. The van der Waals surface area contributed by atoms with Gasteiger partial charge in [0.2, 0.25) is 0 Å². The van der Waals surface area contributed by atoms with Crippen molar-refractivity contribution >= 4 is 23.5 Å². The first-order chi connectivity index (χ1) is 16.9. The quantitative estimate of drug-likeness (QED) is 0.513. The minimum Gasteiger partial charge on any atom is -0.489 e. The molecule has 10 nitrogen and oxygen atoms in total. The first kappa shape index (κ1) is 24.0. The fourth-order valence-electron chi connectivity index (χ4n) is 3.78. The lowest BCUT2D eigenvalue weighted by molar-refractivity contribution is -0.120. The van der Waals surface area contributed by atoms with Crippen molar-refractivity contribution in [3.8, 4) is 5.75 Å². The van der Waals surface area contributed by atoms with E-state index < -0.39 is 23.8 Å². The molecule has 1 aliphatic rings. The lowest BCUT2D eigenvalue weighted by atomic mass is 10.1. The molecule has 2 heterocycles. The van der Waals surface area contributed by atoms with Gasteiger partial charge in [0, 0.05) is 26.6 Å². The van der Waals surface area contributed by atoms with Crippen molar-refractivity contribution in [2.24, 2.45) is 0 Å². The molecule has 3 aromatic rings. The zero-order chi connectivity index (χ0) is 24.9. The molecule has 4 rings (SSSR count). The highest BCUT2D eigenvalue weighted by Crippen LogP contribution is 2.32. The van der Waals surface area contributed by atoms with E-state index in [9.17, 15) is 14.4 Å². The summed E-state index contributed by atoms with van der Waals surface area (Å²) in [5.74, 6) is -0.588. The molecule has 0 radical (unpaired) electrons. The van der Waals surface area contributed by atoms with Gasteiger partial charge in [-0.25, -0.2) is 4.79 Å². The third-order valence-electron chi connectivity index (χ3n) is 5.55. The number of aromatic nitrogens is 1. The third kappa shape index (κ3) is 5.33. The Bertz CT molecular complexity index is 1250. The van der Waals surface area contributed by atoms with E-state index in [1.54, 1.807) is 32.4 Å². The molecular weight excluding hydrogens is 454 g/mol. The summed E-state index contributed by atoms with van der Waals surface area (Å²) in [7, 11) is 4.45. The summed E-state index contributed by atoms with van der Waals surface area (Å²) in [6.45, 7) is 0.411. The number of carbonyl (C=O) groups is 3. The Balaban J connectivity index is 1.44. The van der Waals surface area contributed by atoms with E-state index in [2.05, 4.69) is 10.5 Å². The Morgan fingerprint density at radius 1 is 1.14 bits per heavy atom. The molecule has 2 aromatic carbocycles. The van der Waals surface area contributed by atoms with Gasteiger partial charge >= 0.3 is 5.97 Å². The maximum Gasteiger partial charge on any atom is 0.337 e. The van der Waals surface area contributed by atoms with Crippen LogP contribution in [0.15, 0.2) is 53.1 Å². The maximum absolute atomic E-state index is 13.0. The largest absolute Gasteiger partial charge is 0.489 e. The van der Waals surface area contributed by atoms with Crippen LogP contribution in [-0.4, -0.2) is 56.9 Å². The molecular formula is C25H25N3O7. The van der Waals surface area contributed by atoms with Crippen LogP contribution in [0.5, 0.6) is 5.75 Å².